The fraction of sp³-hybridized carbons (Fsp3) is 0.867. The molecule has 0 amide bonds. The number of unbranched alkanes of at least 4 members (excludes halogenated alkanes) is 35. The molecule has 2 atom stereocenters. The van der Waals surface area contributed by atoms with Gasteiger partial charge in [-0.3, -0.25) is 18.6 Å². The zero-order valence-corrected chi connectivity index (χ0v) is 47.7. The van der Waals surface area contributed by atoms with Gasteiger partial charge in [-0.15, -0.1) is 0 Å². The number of phosphoric ester groups is 1. The van der Waals surface area contributed by atoms with Gasteiger partial charge in [0.15, 0.2) is 6.10 Å². The van der Waals surface area contributed by atoms with Crippen LogP contribution in [0.3, 0.4) is 0 Å². The minimum atomic E-state index is -4.38. The van der Waals surface area contributed by atoms with E-state index in [1.54, 1.807) is 0 Å². The number of esters is 2. The summed E-state index contributed by atoms with van der Waals surface area (Å²) in [5.74, 6) is -0.790. The van der Waals surface area contributed by atoms with Gasteiger partial charge in [-0.25, -0.2) is 4.57 Å². The van der Waals surface area contributed by atoms with Crippen LogP contribution in [0.1, 0.15) is 284 Å². The van der Waals surface area contributed by atoms with E-state index in [0.717, 1.165) is 51.4 Å². The van der Waals surface area contributed by atoms with Gasteiger partial charge >= 0.3 is 19.8 Å². The molecule has 0 aliphatic heterocycles. The van der Waals surface area contributed by atoms with E-state index in [1.165, 1.54) is 199 Å². The van der Waals surface area contributed by atoms with Crippen molar-refractivity contribution < 1.29 is 42.1 Å². The number of phosphoric acid groups is 1. The lowest BCUT2D eigenvalue weighted by molar-refractivity contribution is -0.870. The normalized spacial score (nSPS) is 13.5. The molecule has 2 unspecified atom stereocenters. The van der Waals surface area contributed by atoms with E-state index in [0.29, 0.717) is 23.9 Å². The third-order valence-electron chi connectivity index (χ3n) is 13.1. The minimum absolute atomic E-state index is 0.0319. The third-order valence-corrected chi connectivity index (χ3v) is 14.1. The summed E-state index contributed by atoms with van der Waals surface area (Å²) < 4.78 is 34.6. The second-order valence-electron chi connectivity index (χ2n) is 21.4. The summed E-state index contributed by atoms with van der Waals surface area (Å²) in [6, 6.07) is 0. The average Bonchev–Trinajstić information content (AvgIpc) is 3.32. The zero-order valence-electron chi connectivity index (χ0n) is 46.8. The highest BCUT2D eigenvalue weighted by Gasteiger charge is 2.27. The average molecular weight is 1010 g/mol. The second-order valence-corrected chi connectivity index (χ2v) is 22.8. The first-order valence-electron chi connectivity index (χ1n) is 29.7. The standard InChI is InChI=1S/C60H114NO8P/c1-6-8-10-12-14-16-18-20-22-24-26-27-28-29-30-31-32-33-35-36-38-40-42-44-46-48-50-52-59(62)66-56-58(57-68-70(64,65)67-55-54-61(3,4)5)69-60(63)53-51-49-47-45-43-41-39-37-34-25-23-21-19-17-15-13-11-9-7-2/h15,17,21,23-24,26,58H,6-14,16,18-20,22,25,27-57H2,1-5H3/p+1/b17-15-,23-21-,26-24-. The van der Waals surface area contributed by atoms with Gasteiger partial charge in [0.2, 0.25) is 0 Å². The van der Waals surface area contributed by atoms with Crippen molar-refractivity contribution in [2.24, 2.45) is 0 Å². The number of ether oxygens (including phenoxy) is 2. The number of hydrogen-bond donors (Lipinski definition) is 1. The van der Waals surface area contributed by atoms with Crippen molar-refractivity contribution >= 4 is 19.8 Å². The van der Waals surface area contributed by atoms with Crippen molar-refractivity contribution in [1.82, 2.24) is 0 Å². The molecule has 1 N–H and O–H groups in total. The number of quaternary nitrogens is 1. The SMILES string of the molecule is CCCCC/C=C\C/C=C\CCCCCCCCCCCC(=O)OC(COC(=O)CCCCCCCCCCCCCCCCC/C=C\CCCCCCCCCC)COP(=O)(O)OCC[N+](C)(C)C. The van der Waals surface area contributed by atoms with Crippen LogP contribution in [0.5, 0.6) is 0 Å². The topological polar surface area (TPSA) is 108 Å². The van der Waals surface area contributed by atoms with E-state index in [4.69, 9.17) is 18.5 Å². The lowest BCUT2D eigenvalue weighted by Crippen LogP contribution is -2.37. The van der Waals surface area contributed by atoms with E-state index < -0.39 is 26.5 Å². The maximum Gasteiger partial charge on any atom is 0.472 e. The summed E-state index contributed by atoms with van der Waals surface area (Å²) in [6.45, 7) is 4.44. The maximum atomic E-state index is 12.8. The number of carbonyl (C=O) groups excluding carboxylic acids is 2. The predicted octanol–water partition coefficient (Wildman–Crippen LogP) is 18.4. The molecule has 0 radical (unpaired) electrons. The van der Waals surface area contributed by atoms with E-state index >= 15 is 0 Å². The van der Waals surface area contributed by atoms with E-state index in [9.17, 15) is 19.0 Å². The number of rotatable bonds is 55. The zero-order chi connectivity index (χ0) is 51.3. The Morgan fingerprint density at radius 2 is 0.771 bits per heavy atom. The van der Waals surface area contributed by atoms with Crippen LogP contribution in [0.15, 0.2) is 36.5 Å². The molecule has 0 aliphatic carbocycles. The van der Waals surface area contributed by atoms with E-state index in [1.807, 2.05) is 21.1 Å². The fourth-order valence-corrected chi connectivity index (χ4v) is 9.25. The lowest BCUT2D eigenvalue weighted by atomic mass is 10.0. The lowest BCUT2D eigenvalue weighted by Gasteiger charge is -2.24. The highest BCUT2D eigenvalue weighted by atomic mass is 31.2. The molecular weight excluding hydrogens is 894 g/mol. The molecule has 0 saturated heterocycles. The quantitative estimate of drug-likeness (QED) is 0.0211. The first-order chi connectivity index (χ1) is 34.0. The van der Waals surface area contributed by atoms with Crippen molar-refractivity contribution in [1.29, 1.82) is 0 Å². The van der Waals surface area contributed by atoms with Gasteiger partial charge < -0.3 is 18.9 Å². The van der Waals surface area contributed by atoms with Crippen LogP contribution in [0, 0.1) is 0 Å². The van der Waals surface area contributed by atoms with Crippen LogP contribution in [0.4, 0.5) is 0 Å². The van der Waals surface area contributed by atoms with Crippen molar-refractivity contribution in [3.63, 3.8) is 0 Å². The van der Waals surface area contributed by atoms with Gasteiger partial charge in [-0.1, -0.05) is 237 Å². The Labute approximate surface area is 433 Å². The molecule has 0 heterocycles. The highest BCUT2D eigenvalue weighted by Crippen LogP contribution is 2.43. The Morgan fingerprint density at radius 3 is 1.17 bits per heavy atom. The summed E-state index contributed by atoms with van der Waals surface area (Å²) in [6.07, 6.45) is 63.6. The highest BCUT2D eigenvalue weighted by molar-refractivity contribution is 7.47. The molecule has 0 aromatic heterocycles. The first-order valence-corrected chi connectivity index (χ1v) is 31.2. The summed E-state index contributed by atoms with van der Waals surface area (Å²) in [5, 5.41) is 0. The molecule has 412 valence electrons. The largest absolute Gasteiger partial charge is 0.472 e. The van der Waals surface area contributed by atoms with Gasteiger partial charge in [-0.2, -0.15) is 0 Å². The molecule has 70 heavy (non-hydrogen) atoms. The van der Waals surface area contributed by atoms with Crippen LogP contribution in [0.2, 0.25) is 0 Å². The number of carbonyl (C=O) groups is 2. The van der Waals surface area contributed by atoms with Crippen LogP contribution < -0.4 is 0 Å². The number of likely N-dealkylation sites (N-methyl/N-ethyl adjacent to an activating group) is 1. The van der Waals surface area contributed by atoms with Gasteiger partial charge in [-0.05, 0) is 70.6 Å². The third kappa shape index (κ3) is 55.5. The summed E-state index contributed by atoms with van der Waals surface area (Å²) >= 11 is 0. The predicted molar refractivity (Wildman–Crippen MR) is 298 cm³/mol. The number of nitrogens with zero attached hydrogens (tertiary/aromatic N) is 1. The van der Waals surface area contributed by atoms with Gasteiger partial charge in [0.25, 0.3) is 0 Å². The van der Waals surface area contributed by atoms with E-state index in [-0.39, 0.29) is 25.6 Å². The molecular formula is C60H115NO8P+. The molecule has 0 saturated carbocycles. The van der Waals surface area contributed by atoms with Crippen LogP contribution in [0.25, 0.3) is 0 Å². The smallest absolute Gasteiger partial charge is 0.462 e. The minimum Gasteiger partial charge on any atom is -0.462 e. The molecule has 0 aliphatic rings. The molecule has 0 aromatic rings. The van der Waals surface area contributed by atoms with Crippen molar-refractivity contribution in [3.8, 4) is 0 Å². The molecule has 0 fully saturated rings. The fourth-order valence-electron chi connectivity index (χ4n) is 8.51. The van der Waals surface area contributed by atoms with Gasteiger partial charge in [0, 0.05) is 12.8 Å². The Hall–Kier alpha value is -1.77. The Balaban J connectivity index is 4.10. The van der Waals surface area contributed by atoms with Crippen LogP contribution in [-0.2, 0) is 32.7 Å². The monoisotopic (exact) mass is 1010 g/mol. The van der Waals surface area contributed by atoms with Crippen LogP contribution >= 0.6 is 7.82 Å². The van der Waals surface area contributed by atoms with Gasteiger partial charge in [0.1, 0.15) is 19.8 Å². The Kier molecular flexibility index (Phi) is 50.8. The van der Waals surface area contributed by atoms with Crippen molar-refractivity contribution in [3.05, 3.63) is 36.5 Å². The Morgan fingerprint density at radius 1 is 0.443 bits per heavy atom. The summed E-state index contributed by atoms with van der Waals surface area (Å²) in [4.78, 5) is 35.7. The van der Waals surface area contributed by atoms with Gasteiger partial charge in [0.05, 0.1) is 27.7 Å². The van der Waals surface area contributed by atoms with Crippen molar-refractivity contribution in [2.45, 2.75) is 290 Å². The van der Waals surface area contributed by atoms with E-state index in [2.05, 4.69) is 50.3 Å². The number of hydrogen-bond acceptors (Lipinski definition) is 7. The molecule has 0 bridgehead atoms. The second kappa shape index (κ2) is 52.1. The molecule has 0 rings (SSSR count). The van der Waals surface area contributed by atoms with Crippen molar-refractivity contribution in [2.75, 3.05) is 47.5 Å². The van der Waals surface area contributed by atoms with Crippen LogP contribution in [-0.4, -0.2) is 74.9 Å². The first kappa shape index (κ1) is 68.2. The maximum absolute atomic E-state index is 12.8. The number of allylic oxidation sites excluding steroid dienone is 6. The molecule has 9 nitrogen and oxygen atoms in total. The molecule has 0 spiro atoms. The molecule has 0 aromatic carbocycles. The summed E-state index contributed by atoms with van der Waals surface area (Å²) in [5.41, 5.74) is 0. The summed E-state index contributed by atoms with van der Waals surface area (Å²) in [7, 11) is 1.48. The Bertz CT molecular complexity index is 1280. The molecule has 10 heteroatoms.